The molecule has 2 unspecified atom stereocenters. The van der Waals surface area contributed by atoms with Gasteiger partial charge in [-0.2, -0.15) is 0 Å². The SMILES string of the molecule is CCC1NC(CC(C)C)C(=O)N1CCN(C)C1CCCC1. The lowest BCUT2D eigenvalue weighted by molar-refractivity contribution is -0.130. The summed E-state index contributed by atoms with van der Waals surface area (Å²) >= 11 is 0. The van der Waals surface area contributed by atoms with Gasteiger partial charge in [-0.25, -0.2) is 0 Å². The zero-order valence-electron chi connectivity index (χ0n) is 14.3. The van der Waals surface area contributed by atoms with Crippen LogP contribution < -0.4 is 5.32 Å². The summed E-state index contributed by atoms with van der Waals surface area (Å²) in [6.45, 7) is 8.41. The zero-order valence-corrected chi connectivity index (χ0v) is 14.3. The molecule has 1 aliphatic heterocycles. The highest BCUT2D eigenvalue weighted by molar-refractivity contribution is 5.84. The first kappa shape index (κ1) is 16.8. The van der Waals surface area contributed by atoms with Crippen LogP contribution in [0, 0.1) is 5.92 Å². The van der Waals surface area contributed by atoms with Crippen molar-refractivity contribution in [2.75, 3.05) is 20.1 Å². The van der Waals surface area contributed by atoms with E-state index in [1.165, 1.54) is 25.7 Å². The average molecular weight is 295 g/mol. The van der Waals surface area contributed by atoms with Crippen LogP contribution in [0.25, 0.3) is 0 Å². The largest absolute Gasteiger partial charge is 0.325 e. The highest BCUT2D eigenvalue weighted by Crippen LogP contribution is 2.23. The van der Waals surface area contributed by atoms with Crippen LogP contribution in [-0.2, 0) is 4.79 Å². The van der Waals surface area contributed by atoms with Crippen molar-refractivity contribution in [3.8, 4) is 0 Å². The minimum absolute atomic E-state index is 0.0340. The van der Waals surface area contributed by atoms with E-state index >= 15 is 0 Å². The first-order valence-electron chi connectivity index (χ1n) is 8.79. The lowest BCUT2D eigenvalue weighted by Gasteiger charge is -2.29. The number of nitrogens with zero attached hydrogens (tertiary/aromatic N) is 2. The Labute approximate surface area is 130 Å². The van der Waals surface area contributed by atoms with Crippen molar-refractivity contribution in [3.05, 3.63) is 0 Å². The molecule has 0 spiro atoms. The minimum atomic E-state index is 0.0340. The van der Waals surface area contributed by atoms with Crippen LogP contribution >= 0.6 is 0 Å². The smallest absolute Gasteiger partial charge is 0.241 e. The lowest BCUT2D eigenvalue weighted by atomic mass is 10.0. The molecular formula is C17H33N3O. The molecule has 1 heterocycles. The number of carbonyl (C=O) groups is 1. The van der Waals surface area contributed by atoms with Gasteiger partial charge < -0.3 is 9.80 Å². The first-order valence-corrected chi connectivity index (χ1v) is 8.79. The van der Waals surface area contributed by atoms with Gasteiger partial charge >= 0.3 is 0 Å². The van der Waals surface area contributed by atoms with Gasteiger partial charge in [0.2, 0.25) is 5.91 Å². The van der Waals surface area contributed by atoms with Crippen molar-refractivity contribution in [2.45, 2.75) is 77.5 Å². The molecule has 1 saturated carbocycles. The highest BCUT2D eigenvalue weighted by atomic mass is 16.2. The van der Waals surface area contributed by atoms with Crippen LogP contribution in [0.3, 0.4) is 0 Å². The van der Waals surface area contributed by atoms with Crippen molar-refractivity contribution in [3.63, 3.8) is 0 Å². The number of amides is 1. The summed E-state index contributed by atoms with van der Waals surface area (Å²) in [4.78, 5) is 17.1. The molecule has 0 aromatic heterocycles. The molecule has 2 rings (SSSR count). The van der Waals surface area contributed by atoms with Gasteiger partial charge in [0.15, 0.2) is 0 Å². The third-order valence-corrected chi connectivity index (χ3v) is 5.09. The quantitative estimate of drug-likeness (QED) is 0.783. The standard InChI is InChI=1S/C17H33N3O/c1-5-16-18-15(12-13(2)3)17(21)20(16)11-10-19(4)14-8-6-7-9-14/h13-16,18H,5-12H2,1-4H3. The molecule has 2 aliphatic rings. The topological polar surface area (TPSA) is 35.6 Å². The van der Waals surface area contributed by atoms with E-state index < -0.39 is 0 Å². The molecule has 1 aliphatic carbocycles. The molecule has 2 fully saturated rings. The van der Waals surface area contributed by atoms with Crippen molar-refractivity contribution in [2.24, 2.45) is 5.92 Å². The van der Waals surface area contributed by atoms with Crippen molar-refractivity contribution in [1.82, 2.24) is 15.1 Å². The number of hydrogen-bond donors (Lipinski definition) is 1. The normalized spacial score (nSPS) is 27.5. The van der Waals surface area contributed by atoms with Crippen molar-refractivity contribution in [1.29, 1.82) is 0 Å². The molecule has 122 valence electrons. The molecule has 0 radical (unpaired) electrons. The fourth-order valence-electron chi connectivity index (χ4n) is 3.78. The predicted octanol–water partition coefficient (Wildman–Crippen LogP) is 2.44. The molecule has 4 heteroatoms. The maximum Gasteiger partial charge on any atom is 0.241 e. The molecule has 0 aromatic carbocycles. The monoisotopic (exact) mass is 295 g/mol. The van der Waals surface area contributed by atoms with Crippen LogP contribution in [0.5, 0.6) is 0 Å². The summed E-state index contributed by atoms with van der Waals surface area (Å²) in [6, 6.07) is 0.772. The van der Waals surface area contributed by atoms with Crippen LogP contribution in [0.15, 0.2) is 0 Å². The Kier molecular flexibility index (Phi) is 6.06. The summed E-state index contributed by atoms with van der Waals surface area (Å²) in [5, 5.41) is 3.52. The average Bonchev–Trinajstić information content (AvgIpc) is 3.06. The summed E-state index contributed by atoms with van der Waals surface area (Å²) in [6.07, 6.45) is 7.57. The van der Waals surface area contributed by atoms with E-state index in [1.54, 1.807) is 0 Å². The lowest BCUT2D eigenvalue weighted by Crippen LogP contribution is -2.43. The van der Waals surface area contributed by atoms with E-state index in [1.807, 2.05) is 0 Å². The second kappa shape index (κ2) is 7.59. The number of rotatable bonds is 7. The molecule has 0 aromatic rings. The minimum Gasteiger partial charge on any atom is -0.325 e. The molecule has 21 heavy (non-hydrogen) atoms. The molecule has 1 N–H and O–H groups in total. The number of likely N-dealkylation sites (N-methyl/N-ethyl adjacent to an activating group) is 1. The number of carbonyl (C=O) groups excluding carboxylic acids is 1. The summed E-state index contributed by atoms with van der Waals surface area (Å²) in [5.41, 5.74) is 0. The van der Waals surface area contributed by atoms with Gasteiger partial charge in [0, 0.05) is 19.1 Å². The van der Waals surface area contributed by atoms with Gasteiger partial charge in [-0.05, 0) is 38.6 Å². The second-order valence-corrected chi connectivity index (χ2v) is 7.22. The Morgan fingerprint density at radius 3 is 2.57 bits per heavy atom. The molecular weight excluding hydrogens is 262 g/mol. The van der Waals surface area contributed by atoms with E-state index in [9.17, 15) is 4.79 Å². The van der Waals surface area contributed by atoms with Gasteiger partial charge in [-0.1, -0.05) is 33.6 Å². The zero-order chi connectivity index (χ0) is 15.4. The Balaban J connectivity index is 1.86. The van der Waals surface area contributed by atoms with Crippen LogP contribution in [-0.4, -0.2) is 54.1 Å². The van der Waals surface area contributed by atoms with E-state index in [-0.39, 0.29) is 12.2 Å². The number of nitrogens with one attached hydrogen (secondary N) is 1. The summed E-state index contributed by atoms with van der Waals surface area (Å²) in [5.74, 6) is 0.875. The fraction of sp³-hybridized carbons (Fsp3) is 0.941. The predicted molar refractivity (Wildman–Crippen MR) is 87.1 cm³/mol. The first-order chi connectivity index (χ1) is 10.0. The van der Waals surface area contributed by atoms with Gasteiger partial charge in [0.05, 0.1) is 12.2 Å². The van der Waals surface area contributed by atoms with E-state index in [2.05, 4.69) is 42.9 Å². The maximum absolute atomic E-state index is 12.6. The van der Waals surface area contributed by atoms with Crippen molar-refractivity contribution < 1.29 is 4.79 Å². The van der Waals surface area contributed by atoms with Crippen LogP contribution in [0.2, 0.25) is 0 Å². The highest BCUT2D eigenvalue weighted by Gasteiger charge is 2.37. The van der Waals surface area contributed by atoms with Gasteiger partial charge in [-0.15, -0.1) is 0 Å². The van der Waals surface area contributed by atoms with E-state index in [0.29, 0.717) is 11.8 Å². The summed E-state index contributed by atoms with van der Waals surface area (Å²) < 4.78 is 0. The molecule has 1 saturated heterocycles. The fourth-order valence-corrected chi connectivity index (χ4v) is 3.78. The van der Waals surface area contributed by atoms with Gasteiger partial charge in [0.1, 0.15) is 0 Å². The second-order valence-electron chi connectivity index (χ2n) is 7.22. The van der Waals surface area contributed by atoms with Crippen molar-refractivity contribution >= 4 is 5.91 Å². The Morgan fingerprint density at radius 2 is 2.00 bits per heavy atom. The third kappa shape index (κ3) is 4.19. The Hall–Kier alpha value is -0.610. The van der Waals surface area contributed by atoms with Crippen LogP contribution in [0.1, 0.15) is 59.3 Å². The van der Waals surface area contributed by atoms with Gasteiger partial charge in [0.25, 0.3) is 0 Å². The maximum atomic E-state index is 12.6. The third-order valence-electron chi connectivity index (χ3n) is 5.09. The van der Waals surface area contributed by atoms with Crippen LogP contribution in [0.4, 0.5) is 0 Å². The molecule has 0 bridgehead atoms. The van der Waals surface area contributed by atoms with Gasteiger partial charge in [-0.3, -0.25) is 10.1 Å². The Morgan fingerprint density at radius 1 is 1.33 bits per heavy atom. The Bertz CT molecular complexity index is 339. The van der Waals surface area contributed by atoms with E-state index in [4.69, 9.17) is 0 Å². The molecule has 1 amide bonds. The number of hydrogen-bond acceptors (Lipinski definition) is 3. The molecule has 2 atom stereocenters. The molecule has 4 nitrogen and oxygen atoms in total. The van der Waals surface area contributed by atoms with E-state index in [0.717, 1.165) is 32.0 Å². The summed E-state index contributed by atoms with van der Waals surface area (Å²) in [7, 11) is 2.22.